The molecule has 1 aromatic carbocycles. The van der Waals surface area contributed by atoms with E-state index in [4.69, 9.17) is 11.6 Å². The molecule has 0 aliphatic rings. The summed E-state index contributed by atoms with van der Waals surface area (Å²) >= 11 is 9.04. The molecule has 3 heteroatoms. The van der Waals surface area contributed by atoms with Crippen molar-refractivity contribution in [2.24, 2.45) is 0 Å². The molecule has 0 N–H and O–H groups in total. The van der Waals surface area contributed by atoms with Crippen molar-refractivity contribution in [1.29, 1.82) is 0 Å². The highest BCUT2D eigenvalue weighted by atomic mass is 79.9. The second-order valence-electron chi connectivity index (χ2n) is 2.70. The summed E-state index contributed by atoms with van der Waals surface area (Å²) in [6.07, 6.45) is 3.60. The summed E-state index contributed by atoms with van der Waals surface area (Å²) in [5, 5.41) is -0.0461. The molecule has 0 fully saturated rings. The largest absolute Gasteiger partial charge is 0.207 e. The lowest BCUT2D eigenvalue weighted by molar-refractivity contribution is 0.627. The van der Waals surface area contributed by atoms with Crippen LogP contribution in [0, 0.1) is 5.82 Å². The van der Waals surface area contributed by atoms with Crippen molar-refractivity contribution in [3.8, 4) is 0 Å². The van der Waals surface area contributed by atoms with E-state index in [0.29, 0.717) is 0 Å². The maximum absolute atomic E-state index is 12.8. The summed E-state index contributed by atoms with van der Waals surface area (Å²) < 4.78 is 13.6. The molecular weight excluding hydrogens is 254 g/mol. The molecule has 70 valence electrons. The van der Waals surface area contributed by atoms with E-state index in [-0.39, 0.29) is 11.2 Å². The van der Waals surface area contributed by atoms with Crippen LogP contribution in [0.3, 0.4) is 0 Å². The molecule has 0 aromatic heterocycles. The normalized spacial score (nSPS) is 13.5. The van der Waals surface area contributed by atoms with Gasteiger partial charge in [-0.25, -0.2) is 4.39 Å². The zero-order valence-corrected chi connectivity index (χ0v) is 9.44. The molecule has 0 saturated carbocycles. The third kappa shape index (κ3) is 3.49. The molecule has 1 rings (SSSR count). The average molecular weight is 264 g/mol. The molecule has 0 aliphatic heterocycles. The van der Waals surface area contributed by atoms with Gasteiger partial charge in [0.15, 0.2) is 0 Å². The van der Waals surface area contributed by atoms with E-state index in [2.05, 4.69) is 15.9 Å². The van der Waals surface area contributed by atoms with Crippen LogP contribution in [0.5, 0.6) is 0 Å². The molecule has 0 bridgehead atoms. The predicted octanol–water partition coefficient (Wildman–Crippen LogP) is 4.23. The highest BCUT2D eigenvalue weighted by Gasteiger charge is 1.98. The van der Waals surface area contributed by atoms with Crippen LogP contribution in [0.2, 0.25) is 0 Å². The maximum atomic E-state index is 12.8. The van der Waals surface area contributed by atoms with Crippen LogP contribution < -0.4 is 0 Å². The zero-order valence-electron chi connectivity index (χ0n) is 7.10. The molecule has 0 heterocycles. The molecule has 1 unspecified atom stereocenters. The number of rotatable bonds is 2. The number of halogens is 3. The van der Waals surface area contributed by atoms with E-state index in [1.54, 1.807) is 18.2 Å². The summed E-state index contributed by atoms with van der Waals surface area (Å²) in [6.45, 7) is 1.85. The van der Waals surface area contributed by atoms with Gasteiger partial charge >= 0.3 is 0 Å². The first-order chi connectivity index (χ1) is 6.09. The van der Waals surface area contributed by atoms with E-state index < -0.39 is 0 Å². The molecule has 0 spiro atoms. The van der Waals surface area contributed by atoms with Gasteiger partial charge in [0.25, 0.3) is 0 Å². The van der Waals surface area contributed by atoms with E-state index in [0.717, 1.165) is 10.0 Å². The van der Waals surface area contributed by atoms with Crippen LogP contribution in [0.25, 0.3) is 6.08 Å². The van der Waals surface area contributed by atoms with Crippen molar-refractivity contribution < 1.29 is 4.39 Å². The second-order valence-corrected chi connectivity index (χ2v) is 4.25. The van der Waals surface area contributed by atoms with Crippen LogP contribution in [-0.2, 0) is 0 Å². The van der Waals surface area contributed by atoms with E-state index >= 15 is 0 Å². The lowest BCUT2D eigenvalue weighted by Gasteiger charge is -1.98. The average Bonchev–Trinajstić information content (AvgIpc) is 2.06. The van der Waals surface area contributed by atoms with Gasteiger partial charge in [0.1, 0.15) is 5.82 Å². The van der Waals surface area contributed by atoms with E-state index in [1.165, 1.54) is 12.1 Å². The Balaban J connectivity index is 2.93. The Hall–Kier alpha value is -0.340. The Kier molecular flexibility index (Phi) is 3.94. The Morgan fingerprint density at radius 2 is 2.23 bits per heavy atom. The van der Waals surface area contributed by atoms with Crippen molar-refractivity contribution in [2.45, 2.75) is 12.3 Å². The standard InChI is InChI=1S/C10H9BrClF/c1-7(12)2-3-8-6-9(13)4-5-10(8)11/h2-7H,1H3/b3-2+. The molecule has 0 aliphatic carbocycles. The molecule has 1 aromatic rings. The number of hydrogen-bond acceptors (Lipinski definition) is 0. The van der Waals surface area contributed by atoms with Crippen molar-refractivity contribution >= 4 is 33.6 Å². The van der Waals surface area contributed by atoms with Gasteiger partial charge in [0.05, 0.1) is 0 Å². The number of allylic oxidation sites excluding steroid dienone is 1. The van der Waals surface area contributed by atoms with Gasteiger partial charge in [-0.3, -0.25) is 0 Å². The van der Waals surface area contributed by atoms with Gasteiger partial charge in [-0.15, -0.1) is 11.6 Å². The lowest BCUT2D eigenvalue weighted by Crippen LogP contribution is -1.83. The molecule has 1 atom stereocenters. The minimum Gasteiger partial charge on any atom is -0.207 e. The molecule has 0 nitrogen and oxygen atoms in total. The van der Waals surface area contributed by atoms with Gasteiger partial charge < -0.3 is 0 Å². The van der Waals surface area contributed by atoms with Crippen molar-refractivity contribution in [1.82, 2.24) is 0 Å². The maximum Gasteiger partial charge on any atom is 0.123 e. The van der Waals surface area contributed by atoms with Crippen LogP contribution in [0.15, 0.2) is 28.7 Å². The Labute approximate surface area is 90.5 Å². The Morgan fingerprint density at radius 1 is 1.54 bits per heavy atom. The zero-order chi connectivity index (χ0) is 9.84. The monoisotopic (exact) mass is 262 g/mol. The van der Waals surface area contributed by atoms with Crippen LogP contribution in [-0.4, -0.2) is 5.38 Å². The molecule has 0 saturated heterocycles. The fourth-order valence-corrected chi connectivity index (χ4v) is 1.33. The number of hydrogen-bond donors (Lipinski definition) is 0. The van der Waals surface area contributed by atoms with Gasteiger partial charge in [-0.2, -0.15) is 0 Å². The third-order valence-corrected chi connectivity index (χ3v) is 2.37. The minimum atomic E-state index is -0.245. The highest BCUT2D eigenvalue weighted by Crippen LogP contribution is 2.19. The summed E-state index contributed by atoms with van der Waals surface area (Å²) in [7, 11) is 0. The van der Waals surface area contributed by atoms with Crippen LogP contribution >= 0.6 is 27.5 Å². The second kappa shape index (κ2) is 4.77. The molecule has 0 amide bonds. The summed E-state index contributed by atoms with van der Waals surface area (Å²) in [4.78, 5) is 0. The third-order valence-electron chi connectivity index (χ3n) is 1.50. The van der Waals surface area contributed by atoms with Gasteiger partial charge in [-0.1, -0.05) is 28.1 Å². The minimum absolute atomic E-state index is 0.0461. The molecule has 0 radical (unpaired) electrons. The first-order valence-electron chi connectivity index (χ1n) is 3.87. The van der Waals surface area contributed by atoms with Crippen LogP contribution in [0.4, 0.5) is 4.39 Å². The van der Waals surface area contributed by atoms with Gasteiger partial charge in [-0.05, 0) is 30.7 Å². The van der Waals surface area contributed by atoms with Crippen molar-refractivity contribution in [3.63, 3.8) is 0 Å². The van der Waals surface area contributed by atoms with Crippen molar-refractivity contribution in [3.05, 3.63) is 40.1 Å². The Bertz CT molecular complexity index is 321. The van der Waals surface area contributed by atoms with E-state index in [9.17, 15) is 4.39 Å². The smallest absolute Gasteiger partial charge is 0.123 e. The Morgan fingerprint density at radius 3 is 2.85 bits per heavy atom. The SMILES string of the molecule is CC(Cl)/C=C/c1cc(F)ccc1Br. The van der Waals surface area contributed by atoms with Gasteiger partial charge in [0, 0.05) is 9.85 Å². The molecular formula is C10H9BrClF. The lowest BCUT2D eigenvalue weighted by atomic mass is 10.2. The topological polar surface area (TPSA) is 0 Å². The first kappa shape index (κ1) is 10.7. The summed E-state index contributed by atoms with van der Waals surface area (Å²) in [6, 6.07) is 4.54. The van der Waals surface area contributed by atoms with Crippen molar-refractivity contribution in [2.75, 3.05) is 0 Å². The quantitative estimate of drug-likeness (QED) is 0.701. The fraction of sp³-hybridized carbons (Fsp3) is 0.200. The number of alkyl halides is 1. The predicted molar refractivity (Wildman–Crippen MR) is 58.4 cm³/mol. The summed E-state index contributed by atoms with van der Waals surface area (Å²) in [5.41, 5.74) is 0.799. The van der Waals surface area contributed by atoms with Gasteiger partial charge in [0.2, 0.25) is 0 Å². The summed E-state index contributed by atoms with van der Waals surface area (Å²) in [5.74, 6) is -0.245. The van der Waals surface area contributed by atoms with E-state index in [1.807, 2.05) is 6.92 Å². The number of benzene rings is 1. The van der Waals surface area contributed by atoms with Crippen LogP contribution in [0.1, 0.15) is 12.5 Å². The fourth-order valence-electron chi connectivity index (χ4n) is 0.879. The molecule has 13 heavy (non-hydrogen) atoms. The highest BCUT2D eigenvalue weighted by molar-refractivity contribution is 9.10. The first-order valence-corrected chi connectivity index (χ1v) is 5.10.